The largest absolute Gasteiger partial charge is 0.289 e. The van der Waals surface area contributed by atoms with E-state index in [2.05, 4.69) is 43.3 Å². The van der Waals surface area contributed by atoms with Crippen LogP contribution < -0.4 is 0 Å². The van der Waals surface area contributed by atoms with Crippen LogP contribution in [0.15, 0.2) is 78.9 Å². The van der Waals surface area contributed by atoms with E-state index in [1.807, 2.05) is 30.3 Å². The molecule has 4 aromatic carbocycles. The number of rotatable bonds is 2. The first kappa shape index (κ1) is 19.0. The molecule has 0 radical (unpaired) electrons. The molecule has 0 saturated carbocycles. The Bertz CT molecular complexity index is 1580. The van der Waals surface area contributed by atoms with Crippen LogP contribution in [0, 0.1) is 29.6 Å². The fourth-order valence-corrected chi connectivity index (χ4v) is 5.08. The molecule has 2 aliphatic carbocycles. The lowest BCUT2D eigenvalue weighted by atomic mass is 9.92. The highest BCUT2D eigenvalue weighted by molar-refractivity contribution is 6.61. The first-order chi connectivity index (χ1) is 16.1. The van der Waals surface area contributed by atoms with E-state index in [1.54, 1.807) is 24.3 Å². The summed E-state index contributed by atoms with van der Waals surface area (Å²) in [7, 11) is 0. The summed E-state index contributed by atoms with van der Waals surface area (Å²) in [5, 5.41) is 20.8. The second kappa shape index (κ2) is 6.89. The molecule has 3 heteroatoms. The van der Waals surface area contributed by atoms with Gasteiger partial charge in [0, 0.05) is 22.3 Å². The van der Waals surface area contributed by atoms with E-state index in [0.29, 0.717) is 22.3 Å². The molecule has 0 saturated heterocycles. The van der Waals surface area contributed by atoms with Crippen LogP contribution >= 0.6 is 0 Å². The summed E-state index contributed by atoms with van der Waals surface area (Å²) in [6, 6.07) is 29.2. The zero-order valence-electron chi connectivity index (χ0n) is 17.8. The summed E-state index contributed by atoms with van der Waals surface area (Å²) in [6.07, 6.45) is 0. The molecule has 0 fully saturated rings. The molecular formula is C30H16N2O. The van der Waals surface area contributed by atoms with Crippen LogP contribution in [0.2, 0.25) is 0 Å². The Morgan fingerprint density at radius 3 is 1.64 bits per heavy atom. The lowest BCUT2D eigenvalue weighted by molar-refractivity contribution is -0.108. The van der Waals surface area contributed by atoms with Crippen LogP contribution in [0.25, 0.3) is 33.1 Å². The standard InChI is InChI=1S/C30H16N2O/c1-17-5-14-24-27-22(17)3-2-4-23(27)28-25(20-10-6-18(15-31)7-11-20)30(33)26(29(24)28)21-12-8-19(16-32)9-13-21/h2-14H,1H3. The molecule has 0 amide bonds. The molecule has 0 aromatic heterocycles. The number of ketones is 1. The minimum absolute atomic E-state index is 0.0300. The summed E-state index contributed by atoms with van der Waals surface area (Å²) < 4.78 is 0. The number of carbonyl (C=O) groups excluding carboxylic acids is 1. The molecular weight excluding hydrogens is 404 g/mol. The number of hydrogen-bond acceptors (Lipinski definition) is 3. The van der Waals surface area contributed by atoms with E-state index in [9.17, 15) is 15.3 Å². The van der Waals surface area contributed by atoms with E-state index in [1.165, 1.54) is 16.3 Å². The summed E-state index contributed by atoms with van der Waals surface area (Å²) in [6.45, 7) is 2.11. The number of allylic oxidation sites excluding steroid dienone is 4. The van der Waals surface area contributed by atoms with E-state index >= 15 is 0 Å². The van der Waals surface area contributed by atoms with Gasteiger partial charge in [-0.15, -0.1) is 0 Å². The van der Waals surface area contributed by atoms with Crippen LogP contribution in [-0.2, 0) is 4.79 Å². The van der Waals surface area contributed by atoms with Gasteiger partial charge in [-0.05, 0) is 69.8 Å². The molecule has 2 aliphatic rings. The molecule has 3 nitrogen and oxygen atoms in total. The number of nitriles is 2. The number of benzene rings is 4. The van der Waals surface area contributed by atoms with Crippen molar-refractivity contribution in [3.8, 4) is 12.1 Å². The Hall–Kier alpha value is -4.73. The summed E-state index contributed by atoms with van der Waals surface area (Å²) in [5.41, 5.74) is 9.29. The van der Waals surface area contributed by atoms with Gasteiger partial charge < -0.3 is 0 Å². The van der Waals surface area contributed by atoms with Gasteiger partial charge in [-0.3, -0.25) is 4.79 Å². The molecule has 0 spiro atoms. The van der Waals surface area contributed by atoms with Gasteiger partial charge in [0.15, 0.2) is 5.78 Å². The van der Waals surface area contributed by atoms with Crippen molar-refractivity contribution in [2.45, 2.75) is 6.92 Å². The maximum absolute atomic E-state index is 14.0. The van der Waals surface area contributed by atoms with Gasteiger partial charge in [-0.25, -0.2) is 0 Å². The smallest absolute Gasteiger partial charge is 0.195 e. The van der Waals surface area contributed by atoms with Gasteiger partial charge >= 0.3 is 0 Å². The normalized spacial score (nSPS) is 14.0. The fourth-order valence-electron chi connectivity index (χ4n) is 5.08. The first-order valence-electron chi connectivity index (χ1n) is 10.7. The van der Waals surface area contributed by atoms with Crippen molar-refractivity contribution in [1.29, 1.82) is 10.5 Å². The number of carbonyl (C=O) groups is 1. The zero-order chi connectivity index (χ0) is 22.7. The van der Waals surface area contributed by atoms with Crippen LogP contribution in [0.3, 0.4) is 0 Å². The minimum atomic E-state index is -0.0300. The van der Waals surface area contributed by atoms with Gasteiger partial charge in [0.2, 0.25) is 0 Å². The number of nitrogens with zero attached hydrogens (tertiary/aromatic N) is 2. The second-order valence-corrected chi connectivity index (χ2v) is 8.37. The number of Topliss-reactive ketones (excluding diaryl/α,β-unsaturated/α-hetero) is 1. The van der Waals surface area contributed by atoms with Crippen molar-refractivity contribution < 1.29 is 4.79 Å². The highest BCUT2D eigenvalue weighted by atomic mass is 16.1. The van der Waals surface area contributed by atoms with Crippen LogP contribution in [0.4, 0.5) is 0 Å². The van der Waals surface area contributed by atoms with Gasteiger partial charge in [0.1, 0.15) is 0 Å². The fraction of sp³-hybridized carbons (Fsp3) is 0.0333. The summed E-state index contributed by atoms with van der Waals surface area (Å²) in [4.78, 5) is 14.0. The molecule has 33 heavy (non-hydrogen) atoms. The zero-order valence-corrected chi connectivity index (χ0v) is 17.8. The monoisotopic (exact) mass is 420 g/mol. The topological polar surface area (TPSA) is 64.7 Å². The number of fused-ring (bicyclic) bond motifs is 3. The number of aryl methyl sites for hydroxylation is 1. The summed E-state index contributed by atoms with van der Waals surface area (Å²) >= 11 is 0. The van der Waals surface area contributed by atoms with Gasteiger partial charge in [0.05, 0.1) is 23.3 Å². The Morgan fingerprint density at radius 2 is 1.12 bits per heavy atom. The highest BCUT2D eigenvalue weighted by Gasteiger charge is 2.40. The van der Waals surface area contributed by atoms with Crippen molar-refractivity contribution in [3.05, 3.63) is 118 Å². The van der Waals surface area contributed by atoms with E-state index in [0.717, 1.165) is 33.4 Å². The van der Waals surface area contributed by atoms with Crippen LogP contribution in [0.5, 0.6) is 0 Å². The van der Waals surface area contributed by atoms with Gasteiger partial charge in [-0.1, -0.05) is 54.6 Å². The molecule has 0 unspecified atom stereocenters. The van der Waals surface area contributed by atoms with Crippen molar-refractivity contribution in [2.75, 3.05) is 0 Å². The van der Waals surface area contributed by atoms with E-state index in [4.69, 9.17) is 0 Å². The SMILES string of the molecule is Cc1ccc2c3c(cccc13)C1=C(c3ccc(C#N)cc3)C(=O)C(c3ccc(C#N)cc3)=C12. The second-order valence-electron chi connectivity index (χ2n) is 8.37. The Balaban J connectivity index is 1.70. The Morgan fingerprint density at radius 1 is 0.606 bits per heavy atom. The predicted octanol–water partition coefficient (Wildman–Crippen LogP) is 6.31. The molecule has 0 N–H and O–H groups in total. The third-order valence-electron chi connectivity index (χ3n) is 6.61. The maximum Gasteiger partial charge on any atom is 0.195 e. The van der Waals surface area contributed by atoms with Crippen molar-refractivity contribution in [1.82, 2.24) is 0 Å². The maximum atomic E-state index is 14.0. The van der Waals surface area contributed by atoms with Gasteiger partial charge in [0.25, 0.3) is 0 Å². The minimum Gasteiger partial charge on any atom is -0.289 e. The quantitative estimate of drug-likeness (QED) is 0.382. The Kier molecular flexibility index (Phi) is 3.96. The third-order valence-corrected chi connectivity index (χ3v) is 6.61. The third kappa shape index (κ3) is 2.57. The van der Waals surface area contributed by atoms with Crippen molar-refractivity contribution in [2.24, 2.45) is 0 Å². The lowest BCUT2D eigenvalue weighted by Crippen LogP contribution is -2.03. The molecule has 0 aliphatic heterocycles. The van der Waals surface area contributed by atoms with Crippen molar-refractivity contribution in [3.63, 3.8) is 0 Å². The Labute approximate surface area is 191 Å². The van der Waals surface area contributed by atoms with E-state index < -0.39 is 0 Å². The van der Waals surface area contributed by atoms with Gasteiger partial charge in [-0.2, -0.15) is 10.5 Å². The van der Waals surface area contributed by atoms with Crippen molar-refractivity contribution >= 4 is 38.8 Å². The molecule has 0 bridgehead atoms. The van der Waals surface area contributed by atoms with E-state index in [-0.39, 0.29) is 5.78 Å². The molecule has 152 valence electrons. The highest BCUT2D eigenvalue weighted by Crippen LogP contribution is 2.56. The summed E-state index contributed by atoms with van der Waals surface area (Å²) in [5.74, 6) is -0.0300. The number of hydrogen-bond donors (Lipinski definition) is 0. The first-order valence-corrected chi connectivity index (χ1v) is 10.7. The lowest BCUT2D eigenvalue weighted by Gasteiger charge is -2.10. The van der Waals surface area contributed by atoms with Crippen LogP contribution in [0.1, 0.15) is 38.9 Å². The molecule has 6 rings (SSSR count). The molecule has 4 aromatic rings. The molecule has 0 heterocycles. The molecule has 0 atom stereocenters. The van der Waals surface area contributed by atoms with Crippen LogP contribution in [-0.4, -0.2) is 5.78 Å². The predicted molar refractivity (Wildman–Crippen MR) is 130 cm³/mol. The average Bonchev–Trinajstić information content (AvgIpc) is 3.33. The average molecular weight is 420 g/mol.